The van der Waals surface area contributed by atoms with E-state index in [0.717, 1.165) is 36.8 Å². The molecule has 1 aliphatic heterocycles. The Labute approximate surface area is 271 Å². The molecule has 0 spiro atoms. The Morgan fingerprint density at radius 1 is 0.622 bits per heavy atom. The summed E-state index contributed by atoms with van der Waals surface area (Å²) in [6.45, 7) is 4.78. The highest BCUT2D eigenvalue weighted by Crippen LogP contribution is 2.59. The molecule has 2 aromatic carbocycles. The fraction of sp³-hybridized carbons (Fsp3) is 0.692. The fourth-order valence-corrected chi connectivity index (χ4v) is 10.8. The lowest BCUT2D eigenvalue weighted by Gasteiger charge is -2.39. The van der Waals surface area contributed by atoms with Gasteiger partial charge in [-0.15, -0.1) is 0 Å². The Balaban J connectivity index is 1.43. The van der Waals surface area contributed by atoms with Crippen LogP contribution in [0.5, 0.6) is 11.5 Å². The van der Waals surface area contributed by atoms with Crippen molar-refractivity contribution in [2.45, 2.75) is 171 Å². The molecule has 6 heteroatoms. The maximum Gasteiger partial charge on any atom is 0.604 e. The lowest BCUT2D eigenvalue weighted by atomic mass is 9.68. The largest absolute Gasteiger partial charge is 0.604 e. The van der Waals surface area contributed by atoms with E-state index >= 15 is 0 Å². The third kappa shape index (κ3) is 6.40. The molecule has 0 atom stereocenters. The van der Waals surface area contributed by atoms with Crippen molar-refractivity contribution in [1.29, 1.82) is 0 Å². The Morgan fingerprint density at radius 3 is 1.38 bits per heavy atom. The molecule has 0 amide bonds. The number of hydrogen-bond acceptors (Lipinski definition) is 5. The number of benzene rings is 2. The number of phosphoric ester groups is 1. The van der Waals surface area contributed by atoms with Crippen LogP contribution in [0.3, 0.4) is 0 Å². The van der Waals surface area contributed by atoms with Gasteiger partial charge >= 0.3 is 7.82 Å². The molecule has 4 saturated carbocycles. The smallest absolute Gasteiger partial charge is 0.394 e. The van der Waals surface area contributed by atoms with Gasteiger partial charge in [-0.2, -0.15) is 4.62 Å². The van der Waals surface area contributed by atoms with Gasteiger partial charge in [0.05, 0.1) is 0 Å². The van der Waals surface area contributed by atoms with Gasteiger partial charge in [0, 0.05) is 17.5 Å². The van der Waals surface area contributed by atoms with Gasteiger partial charge in [0.25, 0.3) is 0 Å². The minimum atomic E-state index is -4.16. The van der Waals surface area contributed by atoms with E-state index in [4.69, 9.17) is 19.6 Å². The van der Waals surface area contributed by atoms with Crippen LogP contribution >= 0.6 is 7.82 Å². The molecule has 4 fully saturated rings. The molecule has 0 aromatic heterocycles. The summed E-state index contributed by atoms with van der Waals surface area (Å²) in [4.78, 5) is 0. The minimum Gasteiger partial charge on any atom is -0.394 e. The highest BCUT2D eigenvalue weighted by Gasteiger charge is 2.43. The predicted molar refractivity (Wildman–Crippen MR) is 182 cm³/mol. The Morgan fingerprint density at radius 2 is 1.00 bits per heavy atom. The minimum absolute atomic E-state index is 0.0425. The van der Waals surface area contributed by atoms with Crippen LogP contribution < -0.4 is 14.9 Å². The van der Waals surface area contributed by atoms with Crippen molar-refractivity contribution in [1.82, 2.24) is 0 Å². The molecule has 45 heavy (non-hydrogen) atoms. The standard InChI is InChI=1S/C39H56NO4P/c1-38(19-11-5-12-20-38)34-26-30(28-15-7-3-8-16-28)23-32-25-33-24-31(29-17-9-4-10-18-29)27-35(39(2)21-13-6-14-22-39)37(33)43-45(41,44-40)42-36(32)34/h23-24,26-29H,3-22,25,40H2,1-2H3. The number of phosphoric acid groups is 1. The van der Waals surface area contributed by atoms with Crippen molar-refractivity contribution in [3.63, 3.8) is 0 Å². The van der Waals surface area contributed by atoms with E-state index in [1.807, 2.05) is 0 Å². The van der Waals surface area contributed by atoms with Crippen LogP contribution in [-0.2, 0) is 26.4 Å². The van der Waals surface area contributed by atoms with E-state index in [-0.39, 0.29) is 10.8 Å². The summed E-state index contributed by atoms with van der Waals surface area (Å²) in [6, 6.07) is 9.62. The molecule has 0 saturated heterocycles. The summed E-state index contributed by atoms with van der Waals surface area (Å²) >= 11 is 0. The van der Waals surface area contributed by atoms with E-state index in [1.54, 1.807) is 0 Å². The first kappa shape index (κ1) is 31.8. The van der Waals surface area contributed by atoms with E-state index in [9.17, 15) is 4.57 Å². The molecule has 5 aliphatic rings. The second kappa shape index (κ2) is 13.0. The van der Waals surface area contributed by atoms with Gasteiger partial charge in [-0.1, -0.05) is 115 Å². The van der Waals surface area contributed by atoms with Crippen molar-refractivity contribution in [2.75, 3.05) is 0 Å². The van der Waals surface area contributed by atoms with E-state index in [2.05, 4.69) is 38.1 Å². The number of fused-ring (bicyclic) bond motifs is 2. The van der Waals surface area contributed by atoms with Crippen LogP contribution in [0.4, 0.5) is 0 Å². The highest BCUT2D eigenvalue weighted by molar-refractivity contribution is 7.49. The van der Waals surface area contributed by atoms with Crippen LogP contribution in [0.25, 0.3) is 0 Å². The summed E-state index contributed by atoms with van der Waals surface area (Å²) < 4.78 is 32.9. The zero-order valence-corrected chi connectivity index (χ0v) is 28.9. The molecule has 2 N–H and O–H groups in total. The van der Waals surface area contributed by atoms with Crippen LogP contribution in [0.15, 0.2) is 24.3 Å². The van der Waals surface area contributed by atoms with Gasteiger partial charge in [0.15, 0.2) is 0 Å². The third-order valence-corrected chi connectivity index (χ3v) is 13.7. The Bertz CT molecular complexity index is 1310. The second-order valence-corrected chi connectivity index (χ2v) is 17.4. The van der Waals surface area contributed by atoms with Gasteiger partial charge in [-0.05, 0) is 96.3 Å². The maximum absolute atomic E-state index is 14.6. The number of hydrogen-bond donors (Lipinski definition) is 1. The van der Waals surface area contributed by atoms with Gasteiger partial charge in [0.1, 0.15) is 11.5 Å². The Hall–Kier alpha value is -1.81. The molecular formula is C39H56NO4P. The van der Waals surface area contributed by atoms with Crippen molar-refractivity contribution < 1.29 is 18.2 Å². The monoisotopic (exact) mass is 633 g/mol. The average molecular weight is 634 g/mol. The van der Waals surface area contributed by atoms with Gasteiger partial charge in [0.2, 0.25) is 0 Å². The van der Waals surface area contributed by atoms with Crippen LogP contribution in [0.1, 0.15) is 187 Å². The van der Waals surface area contributed by atoms with Crippen molar-refractivity contribution in [2.24, 2.45) is 5.90 Å². The average Bonchev–Trinajstić information content (AvgIpc) is 3.06. The zero-order chi connectivity index (χ0) is 31.1. The summed E-state index contributed by atoms with van der Waals surface area (Å²) in [5.74, 6) is 8.41. The molecule has 4 aliphatic carbocycles. The first-order valence-electron chi connectivity index (χ1n) is 18.5. The molecule has 2 aromatic rings. The first-order valence-corrected chi connectivity index (χ1v) is 20.0. The Kier molecular flexibility index (Phi) is 9.18. The number of nitrogens with two attached hydrogens (primary N) is 1. The summed E-state index contributed by atoms with van der Waals surface area (Å²) in [5, 5.41) is 0. The molecule has 1 heterocycles. The van der Waals surface area contributed by atoms with Crippen LogP contribution in [-0.4, -0.2) is 0 Å². The lowest BCUT2D eigenvalue weighted by Crippen LogP contribution is -2.29. The summed E-state index contributed by atoms with van der Waals surface area (Å²) in [7, 11) is -4.16. The second-order valence-electron chi connectivity index (χ2n) is 15.9. The van der Waals surface area contributed by atoms with Crippen molar-refractivity contribution in [3.05, 3.63) is 57.6 Å². The van der Waals surface area contributed by atoms with E-state index in [1.165, 1.54) is 125 Å². The van der Waals surface area contributed by atoms with Crippen molar-refractivity contribution >= 4 is 7.82 Å². The predicted octanol–water partition coefficient (Wildman–Crippen LogP) is 11.6. The van der Waals surface area contributed by atoms with Crippen molar-refractivity contribution in [3.8, 4) is 11.5 Å². The van der Waals surface area contributed by atoms with Gasteiger partial charge in [-0.25, -0.2) is 10.5 Å². The molecule has 0 radical (unpaired) electrons. The molecule has 0 bridgehead atoms. The highest BCUT2D eigenvalue weighted by atomic mass is 31.2. The third-order valence-electron chi connectivity index (χ3n) is 12.7. The molecule has 0 unspecified atom stereocenters. The fourth-order valence-electron chi connectivity index (χ4n) is 9.84. The van der Waals surface area contributed by atoms with Gasteiger partial charge < -0.3 is 9.05 Å². The topological polar surface area (TPSA) is 70.8 Å². The molecule has 5 nitrogen and oxygen atoms in total. The number of rotatable bonds is 5. The normalized spacial score (nSPS) is 25.1. The quantitative estimate of drug-likeness (QED) is 0.262. The first-order chi connectivity index (χ1) is 21.8. The molecule has 7 rings (SSSR count). The zero-order valence-electron chi connectivity index (χ0n) is 28.0. The maximum atomic E-state index is 14.6. The summed E-state index contributed by atoms with van der Waals surface area (Å²) in [5.41, 5.74) is 7.42. The van der Waals surface area contributed by atoms with E-state index in [0.29, 0.717) is 29.8 Å². The van der Waals surface area contributed by atoms with E-state index < -0.39 is 7.82 Å². The molecule has 246 valence electrons. The van der Waals surface area contributed by atoms with Crippen LogP contribution in [0.2, 0.25) is 0 Å². The summed E-state index contributed by atoms with van der Waals surface area (Å²) in [6.07, 6.45) is 25.3. The SMILES string of the molecule is CC1(c2cc(C3CCCCC3)cc3c2OP(=O)(ON)Oc2c(cc(C4CCCCC4)cc2C2(C)CCCCC2)C3)CCCCC1. The van der Waals surface area contributed by atoms with Gasteiger partial charge in [-0.3, -0.25) is 0 Å². The molecular weight excluding hydrogens is 577 g/mol. The lowest BCUT2D eigenvalue weighted by molar-refractivity contribution is 0.206. The van der Waals surface area contributed by atoms with Crippen LogP contribution in [0, 0.1) is 0 Å².